The number of piperidine rings is 1. The Morgan fingerprint density at radius 3 is 2.52 bits per heavy atom. The zero-order chi connectivity index (χ0) is 15.6. The van der Waals surface area contributed by atoms with E-state index in [2.05, 4.69) is 11.8 Å². The smallest absolute Gasteiger partial charge is 0.309 e. The van der Waals surface area contributed by atoms with E-state index in [4.69, 9.17) is 4.74 Å². The summed E-state index contributed by atoms with van der Waals surface area (Å²) < 4.78 is 5.14. The first-order valence-electron chi connectivity index (χ1n) is 7.22. The van der Waals surface area contributed by atoms with Crippen molar-refractivity contribution in [3.8, 4) is 11.5 Å². The summed E-state index contributed by atoms with van der Waals surface area (Å²) in [6.45, 7) is 5.43. The first kappa shape index (κ1) is 15.6. The second-order valence-electron chi connectivity index (χ2n) is 6.01. The first-order chi connectivity index (χ1) is 9.87. The molecule has 0 radical (unpaired) electrons. The maximum absolute atomic E-state index is 11.3. The van der Waals surface area contributed by atoms with E-state index in [1.165, 1.54) is 7.11 Å². The predicted molar refractivity (Wildman–Crippen MR) is 79.6 cm³/mol. The Balaban J connectivity index is 2.08. The lowest BCUT2D eigenvalue weighted by atomic mass is 9.80. The monoisotopic (exact) mass is 293 g/mol. The number of carbonyl (C=O) groups is 1. The molecule has 2 rings (SSSR count). The van der Waals surface area contributed by atoms with Crippen molar-refractivity contribution in [1.82, 2.24) is 4.90 Å². The molecule has 5 heteroatoms. The summed E-state index contributed by atoms with van der Waals surface area (Å²) in [7, 11) is 1.53. The van der Waals surface area contributed by atoms with Crippen LogP contribution in [0.3, 0.4) is 0 Å². The lowest BCUT2D eigenvalue weighted by Crippen LogP contribution is -2.43. The van der Waals surface area contributed by atoms with E-state index in [0.29, 0.717) is 18.6 Å². The molecule has 116 valence electrons. The highest BCUT2D eigenvalue weighted by Gasteiger charge is 2.37. The van der Waals surface area contributed by atoms with Crippen molar-refractivity contribution >= 4 is 5.97 Å². The van der Waals surface area contributed by atoms with Crippen LogP contribution in [0.5, 0.6) is 11.5 Å². The summed E-state index contributed by atoms with van der Waals surface area (Å²) in [5, 5.41) is 18.9. The van der Waals surface area contributed by atoms with Gasteiger partial charge < -0.3 is 14.9 Å². The van der Waals surface area contributed by atoms with Crippen LogP contribution < -0.4 is 4.74 Å². The van der Waals surface area contributed by atoms with Crippen molar-refractivity contribution in [2.45, 2.75) is 32.7 Å². The van der Waals surface area contributed by atoms with Gasteiger partial charge in [0.2, 0.25) is 0 Å². The maximum Gasteiger partial charge on any atom is 0.309 e. The lowest BCUT2D eigenvalue weighted by molar-refractivity contribution is -0.151. The zero-order valence-electron chi connectivity index (χ0n) is 12.8. The minimum atomic E-state index is -0.707. The average molecular weight is 293 g/mol. The molecule has 1 aromatic rings. The van der Waals surface area contributed by atoms with Gasteiger partial charge in [-0.05, 0) is 57.5 Å². The first-order valence-corrected chi connectivity index (χ1v) is 7.22. The van der Waals surface area contributed by atoms with Crippen LogP contribution in [0.25, 0.3) is 0 Å². The number of likely N-dealkylation sites (tertiary alicyclic amines) is 1. The number of nitrogens with zero attached hydrogens (tertiary/aromatic N) is 1. The third kappa shape index (κ3) is 3.13. The number of carboxylic acid groups (broad SMARTS) is 1. The Labute approximate surface area is 125 Å². The minimum absolute atomic E-state index is 0.130. The minimum Gasteiger partial charge on any atom is -0.504 e. The average Bonchev–Trinajstić information content (AvgIpc) is 2.47. The highest BCUT2D eigenvalue weighted by Crippen LogP contribution is 2.36. The van der Waals surface area contributed by atoms with Gasteiger partial charge in [0, 0.05) is 6.04 Å². The molecule has 1 fully saturated rings. The molecule has 21 heavy (non-hydrogen) atoms. The van der Waals surface area contributed by atoms with Gasteiger partial charge in [0.15, 0.2) is 11.5 Å². The molecule has 1 atom stereocenters. The fourth-order valence-electron chi connectivity index (χ4n) is 2.78. The van der Waals surface area contributed by atoms with Gasteiger partial charge in [-0.25, -0.2) is 0 Å². The molecular weight excluding hydrogens is 270 g/mol. The van der Waals surface area contributed by atoms with Gasteiger partial charge in [-0.2, -0.15) is 0 Å². The fraction of sp³-hybridized carbons (Fsp3) is 0.562. The van der Waals surface area contributed by atoms with Crippen LogP contribution in [0.4, 0.5) is 0 Å². The van der Waals surface area contributed by atoms with Crippen molar-refractivity contribution in [3.05, 3.63) is 23.8 Å². The van der Waals surface area contributed by atoms with Crippen molar-refractivity contribution in [3.63, 3.8) is 0 Å². The van der Waals surface area contributed by atoms with Crippen LogP contribution in [0, 0.1) is 5.41 Å². The van der Waals surface area contributed by atoms with Crippen LogP contribution in [0.1, 0.15) is 38.3 Å². The standard InChI is InChI=1S/C16H23NO4/c1-11(12-4-5-13(18)14(10-12)21-3)17-8-6-16(2,7-9-17)15(19)20/h4-5,10-11,18H,6-9H2,1-3H3,(H,19,20). The number of hydrogen-bond acceptors (Lipinski definition) is 4. The van der Waals surface area contributed by atoms with Crippen LogP contribution in [0.15, 0.2) is 18.2 Å². The molecule has 0 aliphatic carbocycles. The molecule has 1 aliphatic heterocycles. The Morgan fingerprint density at radius 1 is 1.38 bits per heavy atom. The van der Waals surface area contributed by atoms with Gasteiger partial charge in [0.25, 0.3) is 0 Å². The van der Waals surface area contributed by atoms with Crippen molar-refractivity contribution < 1.29 is 19.7 Å². The van der Waals surface area contributed by atoms with Crippen molar-refractivity contribution in [1.29, 1.82) is 0 Å². The largest absolute Gasteiger partial charge is 0.504 e. The van der Waals surface area contributed by atoms with E-state index in [1.807, 2.05) is 19.1 Å². The number of rotatable bonds is 4. The van der Waals surface area contributed by atoms with Crippen LogP contribution in [-0.4, -0.2) is 41.3 Å². The molecule has 5 nitrogen and oxygen atoms in total. The number of ether oxygens (including phenoxy) is 1. The van der Waals surface area contributed by atoms with Crippen molar-refractivity contribution in [2.75, 3.05) is 20.2 Å². The number of aliphatic carboxylic acids is 1. The number of phenolic OH excluding ortho intramolecular Hbond substituents is 1. The summed E-state index contributed by atoms with van der Waals surface area (Å²) in [5.41, 5.74) is 0.451. The molecule has 2 N–H and O–H groups in total. The summed E-state index contributed by atoms with van der Waals surface area (Å²) in [6.07, 6.45) is 1.31. The molecule has 1 aromatic carbocycles. The van der Waals surface area contributed by atoms with Gasteiger partial charge in [0.05, 0.1) is 12.5 Å². The molecule has 1 heterocycles. The van der Waals surface area contributed by atoms with Gasteiger partial charge in [-0.15, -0.1) is 0 Å². The quantitative estimate of drug-likeness (QED) is 0.893. The van der Waals surface area contributed by atoms with Gasteiger partial charge in [-0.3, -0.25) is 9.69 Å². The van der Waals surface area contributed by atoms with E-state index in [9.17, 15) is 15.0 Å². The predicted octanol–water partition coefficient (Wildman–Crippen LogP) is 2.65. The van der Waals surface area contributed by atoms with Crippen LogP contribution >= 0.6 is 0 Å². The molecule has 1 saturated heterocycles. The molecule has 1 aliphatic rings. The summed E-state index contributed by atoms with van der Waals surface area (Å²) >= 11 is 0. The highest BCUT2D eigenvalue weighted by molar-refractivity contribution is 5.74. The molecular formula is C16H23NO4. The Bertz CT molecular complexity index is 521. The molecule has 0 spiro atoms. The summed E-state index contributed by atoms with van der Waals surface area (Å²) in [4.78, 5) is 13.6. The van der Waals surface area contributed by atoms with Gasteiger partial charge in [-0.1, -0.05) is 6.07 Å². The maximum atomic E-state index is 11.3. The fourth-order valence-corrected chi connectivity index (χ4v) is 2.78. The molecule has 1 unspecified atom stereocenters. The van der Waals surface area contributed by atoms with E-state index in [0.717, 1.165) is 18.7 Å². The highest BCUT2D eigenvalue weighted by atomic mass is 16.5. The molecule has 0 saturated carbocycles. The van der Waals surface area contributed by atoms with E-state index >= 15 is 0 Å². The van der Waals surface area contributed by atoms with Crippen molar-refractivity contribution in [2.24, 2.45) is 5.41 Å². The van der Waals surface area contributed by atoms with E-state index < -0.39 is 11.4 Å². The zero-order valence-corrected chi connectivity index (χ0v) is 12.8. The lowest BCUT2D eigenvalue weighted by Gasteiger charge is -2.39. The van der Waals surface area contributed by atoms with E-state index in [-0.39, 0.29) is 11.8 Å². The molecule has 0 aromatic heterocycles. The van der Waals surface area contributed by atoms with Crippen LogP contribution in [-0.2, 0) is 4.79 Å². The third-order valence-corrected chi connectivity index (χ3v) is 4.65. The molecule has 0 bridgehead atoms. The number of carboxylic acids is 1. The SMILES string of the molecule is COc1cc(C(C)N2CCC(C)(C(=O)O)CC2)ccc1O. The van der Waals surface area contributed by atoms with Crippen LogP contribution in [0.2, 0.25) is 0 Å². The normalized spacial score (nSPS) is 20.0. The summed E-state index contributed by atoms with van der Waals surface area (Å²) in [6, 6.07) is 5.52. The van der Waals surface area contributed by atoms with E-state index in [1.54, 1.807) is 6.07 Å². The third-order valence-electron chi connectivity index (χ3n) is 4.65. The Hall–Kier alpha value is -1.75. The Kier molecular flexibility index (Phi) is 4.42. The Morgan fingerprint density at radius 2 is 2.00 bits per heavy atom. The second kappa shape index (κ2) is 5.93. The molecule has 0 amide bonds. The van der Waals surface area contributed by atoms with Gasteiger partial charge >= 0.3 is 5.97 Å². The number of benzene rings is 1. The van der Waals surface area contributed by atoms with Gasteiger partial charge in [0.1, 0.15) is 0 Å². The number of hydrogen-bond donors (Lipinski definition) is 2. The number of methoxy groups -OCH3 is 1. The number of phenols is 1. The topological polar surface area (TPSA) is 70.0 Å². The summed E-state index contributed by atoms with van der Waals surface area (Å²) in [5.74, 6) is -0.113. The number of aromatic hydroxyl groups is 1. The second-order valence-corrected chi connectivity index (χ2v) is 6.01.